The molecule has 1 saturated heterocycles. The van der Waals surface area contributed by atoms with E-state index in [9.17, 15) is 9.59 Å². The van der Waals surface area contributed by atoms with Crippen LogP contribution in [0.5, 0.6) is 0 Å². The van der Waals surface area contributed by atoms with Gasteiger partial charge >= 0.3 is 0 Å². The highest BCUT2D eigenvalue weighted by molar-refractivity contribution is 6.24. The van der Waals surface area contributed by atoms with Crippen LogP contribution in [0.25, 0.3) is 0 Å². The van der Waals surface area contributed by atoms with E-state index in [-0.39, 0.29) is 11.8 Å². The SMILES string of the molecule is CC1=CC=C2C(=O)N(Cc3ccc(C)cc3)C(=O)C2=CC1. The minimum absolute atomic E-state index is 0.185. The molecule has 1 fully saturated rings. The molecule has 0 bridgehead atoms. The third-order valence-corrected chi connectivity index (χ3v) is 3.87. The van der Waals surface area contributed by atoms with E-state index in [4.69, 9.17) is 0 Å². The van der Waals surface area contributed by atoms with Crippen molar-refractivity contribution >= 4 is 11.8 Å². The zero-order valence-corrected chi connectivity index (χ0v) is 12.2. The normalized spacial score (nSPS) is 18.0. The molecule has 0 saturated carbocycles. The van der Waals surface area contributed by atoms with E-state index in [1.54, 1.807) is 6.08 Å². The van der Waals surface area contributed by atoms with E-state index < -0.39 is 0 Å². The highest BCUT2D eigenvalue weighted by Crippen LogP contribution is 2.29. The molecule has 1 aliphatic carbocycles. The van der Waals surface area contributed by atoms with Gasteiger partial charge in [-0.05, 0) is 31.9 Å². The first kappa shape index (κ1) is 13.6. The van der Waals surface area contributed by atoms with Gasteiger partial charge in [0.25, 0.3) is 11.8 Å². The Hall–Kier alpha value is -2.42. The van der Waals surface area contributed by atoms with Crippen molar-refractivity contribution in [2.24, 2.45) is 0 Å². The molecule has 1 heterocycles. The van der Waals surface area contributed by atoms with Gasteiger partial charge in [0.2, 0.25) is 0 Å². The largest absolute Gasteiger partial charge is 0.270 e. The summed E-state index contributed by atoms with van der Waals surface area (Å²) in [6.07, 6.45) is 6.26. The fraction of sp³-hybridized carbons (Fsp3) is 0.222. The van der Waals surface area contributed by atoms with Crippen molar-refractivity contribution in [3.05, 3.63) is 70.3 Å². The second kappa shape index (κ2) is 5.17. The van der Waals surface area contributed by atoms with Gasteiger partial charge < -0.3 is 0 Å². The fourth-order valence-corrected chi connectivity index (χ4v) is 2.55. The van der Waals surface area contributed by atoms with Crippen molar-refractivity contribution in [3.63, 3.8) is 0 Å². The maximum absolute atomic E-state index is 12.5. The molecule has 2 aliphatic rings. The lowest BCUT2D eigenvalue weighted by Gasteiger charge is -2.13. The van der Waals surface area contributed by atoms with E-state index in [2.05, 4.69) is 0 Å². The van der Waals surface area contributed by atoms with Crippen LogP contribution < -0.4 is 0 Å². The van der Waals surface area contributed by atoms with Crippen LogP contribution in [-0.4, -0.2) is 16.7 Å². The Morgan fingerprint density at radius 2 is 1.62 bits per heavy atom. The summed E-state index contributed by atoms with van der Waals surface area (Å²) in [5.74, 6) is -0.382. The molecule has 106 valence electrons. The number of carbonyl (C=O) groups excluding carboxylic acids is 2. The molecule has 1 aliphatic heterocycles. The van der Waals surface area contributed by atoms with Crippen LogP contribution >= 0.6 is 0 Å². The Kier molecular flexibility index (Phi) is 3.34. The summed E-state index contributed by atoms with van der Waals surface area (Å²) in [5, 5.41) is 0. The van der Waals surface area contributed by atoms with Crippen LogP contribution in [-0.2, 0) is 16.1 Å². The molecule has 0 radical (unpaired) electrons. The molecule has 0 aromatic heterocycles. The molecule has 3 nitrogen and oxygen atoms in total. The zero-order valence-electron chi connectivity index (χ0n) is 12.2. The van der Waals surface area contributed by atoms with Gasteiger partial charge in [0.05, 0.1) is 12.1 Å². The maximum atomic E-state index is 12.5. The smallest absolute Gasteiger partial charge is 0.261 e. The van der Waals surface area contributed by atoms with Gasteiger partial charge in [0.1, 0.15) is 0 Å². The van der Waals surface area contributed by atoms with Crippen molar-refractivity contribution in [1.29, 1.82) is 0 Å². The number of hydrogen-bond acceptors (Lipinski definition) is 2. The van der Waals surface area contributed by atoms with Crippen molar-refractivity contribution < 1.29 is 9.59 Å². The summed E-state index contributed by atoms with van der Waals surface area (Å²) < 4.78 is 0. The Morgan fingerprint density at radius 3 is 2.33 bits per heavy atom. The van der Waals surface area contributed by atoms with Gasteiger partial charge in [-0.2, -0.15) is 0 Å². The Morgan fingerprint density at radius 1 is 0.952 bits per heavy atom. The summed E-state index contributed by atoms with van der Waals surface area (Å²) in [6, 6.07) is 7.89. The van der Waals surface area contributed by atoms with E-state index in [0.717, 1.165) is 16.7 Å². The number of imide groups is 1. The van der Waals surface area contributed by atoms with Crippen LogP contribution in [0.15, 0.2) is 59.2 Å². The first-order valence-corrected chi connectivity index (χ1v) is 7.06. The number of aryl methyl sites for hydroxylation is 1. The van der Waals surface area contributed by atoms with E-state index in [1.165, 1.54) is 4.90 Å². The fourth-order valence-electron chi connectivity index (χ4n) is 2.55. The lowest BCUT2D eigenvalue weighted by atomic mass is 10.1. The molecule has 1 aromatic carbocycles. The minimum Gasteiger partial charge on any atom is -0.270 e. The molecule has 21 heavy (non-hydrogen) atoms. The molecule has 0 N–H and O–H groups in total. The molecule has 0 atom stereocenters. The third kappa shape index (κ3) is 2.47. The summed E-state index contributed by atoms with van der Waals surface area (Å²) >= 11 is 0. The number of carbonyl (C=O) groups is 2. The number of allylic oxidation sites excluding steroid dienone is 4. The van der Waals surface area contributed by atoms with Gasteiger partial charge in [-0.3, -0.25) is 14.5 Å². The lowest BCUT2D eigenvalue weighted by molar-refractivity contribution is -0.137. The summed E-state index contributed by atoms with van der Waals surface area (Å²) in [6.45, 7) is 4.34. The molecule has 1 aromatic rings. The van der Waals surface area contributed by atoms with Crippen LogP contribution in [0.4, 0.5) is 0 Å². The molecule has 2 amide bonds. The van der Waals surface area contributed by atoms with Gasteiger partial charge in [0, 0.05) is 5.57 Å². The van der Waals surface area contributed by atoms with E-state index in [0.29, 0.717) is 24.1 Å². The molecule has 3 heteroatoms. The van der Waals surface area contributed by atoms with E-state index in [1.807, 2.05) is 50.3 Å². The van der Waals surface area contributed by atoms with Crippen LogP contribution in [0.2, 0.25) is 0 Å². The number of amides is 2. The summed E-state index contributed by atoms with van der Waals surface area (Å²) in [5.41, 5.74) is 4.33. The number of fused-ring (bicyclic) bond motifs is 1. The van der Waals surface area contributed by atoms with Crippen molar-refractivity contribution in [2.45, 2.75) is 26.8 Å². The second-order valence-corrected chi connectivity index (χ2v) is 5.60. The molecule has 0 spiro atoms. The number of likely N-dealkylation sites (tertiary alicyclic amines) is 1. The topological polar surface area (TPSA) is 37.4 Å². The predicted octanol–water partition coefficient (Wildman–Crippen LogP) is 3.07. The quantitative estimate of drug-likeness (QED) is 0.780. The number of rotatable bonds is 2. The Balaban J connectivity index is 1.90. The summed E-state index contributed by atoms with van der Waals surface area (Å²) in [7, 11) is 0. The lowest BCUT2D eigenvalue weighted by Crippen LogP contribution is -2.29. The standard InChI is InChI=1S/C18H17NO2/c1-12-3-7-14(8-4-12)11-19-17(20)15-9-5-13(2)6-10-16(15)18(19)21/h3-5,7-10H,6,11H2,1-2H3. The molecule has 0 unspecified atom stereocenters. The van der Waals surface area contributed by atoms with Crippen LogP contribution in [0, 0.1) is 6.92 Å². The second-order valence-electron chi connectivity index (χ2n) is 5.60. The highest BCUT2D eigenvalue weighted by atomic mass is 16.2. The molecule has 3 rings (SSSR count). The van der Waals surface area contributed by atoms with Crippen LogP contribution in [0.1, 0.15) is 24.5 Å². The first-order chi connectivity index (χ1) is 10.1. The minimum atomic E-state index is -0.197. The average molecular weight is 279 g/mol. The molecular formula is C18H17NO2. The third-order valence-electron chi connectivity index (χ3n) is 3.87. The highest BCUT2D eigenvalue weighted by Gasteiger charge is 2.38. The van der Waals surface area contributed by atoms with Crippen molar-refractivity contribution in [2.75, 3.05) is 0 Å². The average Bonchev–Trinajstić information content (AvgIpc) is 2.62. The van der Waals surface area contributed by atoms with Crippen molar-refractivity contribution in [1.82, 2.24) is 4.90 Å². The Bertz CT molecular complexity index is 705. The van der Waals surface area contributed by atoms with Gasteiger partial charge in [-0.25, -0.2) is 0 Å². The predicted molar refractivity (Wildman–Crippen MR) is 81.3 cm³/mol. The summed E-state index contributed by atoms with van der Waals surface area (Å²) in [4.78, 5) is 26.2. The maximum Gasteiger partial charge on any atom is 0.261 e. The van der Waals surface area contributed by atoms with Gasteiger partial charge in [-0.15, -0.1) is 0 Å². The van der Waals surface area contributed by atoms with E-state index >= 15 is 0 Å². The van der Waals surface area contributed by atoms with Crippen molar-refractivity contribution in [3.8, 4) is 0 Å². The van der Waals surface area contributed by atoms with Gasteiger partial charge in [0.15, 0.2) is 0 Å². The Labute approximate surface area is 124 Å². The first-order valence-electron chi connectivity index (χ1n) is 7.06. The number of nitrogens with zero attached hydrogens (tertiary/aromatic N) is 1. The van der Waals surface area contributed by atoms with Gasteiger partial charge in [-0.1, -0.05) is 47.6 Å². The monoisotopic (exact) mass is 279 g/mol. The number of hydrogen-bond donors (Lipinski definition) is 0. The molecular weight excluding hydrogens is 262 g/mol. The zero-order chi connectivity index (χ0) is 15.0. The number of benzene rings is 1. The van der Waals surface area contributed by atoms with Crippen LogP contribution in [0.3, 0.4) is 0 Å².